The lowest BCUT2D eigenvalue weighted by molar-refractivity contribution is -0.143. The topological polar surface area (TPSA) is 78.5 Å². The molecule has 0 saturated carbocycles. The quantitative estimate of drug-likeness (QED) is 0.386. The van der Waals surface area contributed by atoms with Crippen molar-refractivity contribution in [1.82, 2.24) is 19.2 Å². The standard InChI is InChI=1S/C17H20N4O3S2/c1-3-24-12(22)9-20-16-18-14-13(15(23)21(16)17(19-20)25-2)10-7-5-4-6-8-11(10)26-14/h3-9H2,1-2H3. The first-order chi connectivity index (χ1) is 12.6. The van der Waals surface area contributed by atoms with E-state index < -0.39 is 0 Å². The molecule has 0 saturated heterocycles. The maximum absolute atomic E-state index is 13.3. The molecule has 0 fully saturated rings. The lowest BCUT2D eigenvalue weighted by Crippen LogP contribution is -2.18. The Kier molecular flexibility index (Phi) is 4.74. The van der Waals surface area contributed by atoms with Gasteiger partial charge in [0.05, 0.1) is 12.0 Å². The minimum Gasteiger partial charge on any atom is -0.465 e. The van der Waals surface area contributed by atoms with Crippen LogP contribution >= 0.6 is 23.1 Å². The van der Waals surface area contributed by atoms with Gasteiger partial charge in [0.15, 0.2) is 5.16 Å². The van der Waals surface area contributed by atoms with E-state index in [4.69, 9.17) is 9.72 Å². The summed E-state index contributed by atoms with van der Waals surface area (Å²) in [5, 5.41) is 5.68. The molecule has 1 aliphatic rings. The Labute approximate surface area is 158 Å². The van der Waals surface area contributed by atoms with E-state index in [1.165, 1.54) is 37.7 Å². The first kappa shape index (κ1) is 17.5. The van der Waals surface area contributed by atoms with Crippen LogP contribution in [-0.4, -0.2) is 38.0 Å². The van der Waals surface area contributed by atoms with E-state index in [1.54, 1.807) is 18.3 Å². The summed E-state index contributed by atoms with van der Waals surface area (Å²) < 4.78 is 8.02. The summed E-state index contributed by atoms with van der Waals surface area (Å²) in [6.07, 6.45) is 7.28. The van der Waals surface area contributed by atoms with Gasteiger partial charge in [-0.1, -0.05) is 18.2 Å². The third kappa shape index (κ3) is 2.83. The van der Waals surface area contributed by atoms with Gasteiger partial charge >= 0.3 is 5.97 Å². The second kappa shape index (κ2) is 7.03. The highest BCUT2D eigenvalue weighted by Crippen LogP contribution is 2.33. The average molecular weight is 393 g/mol. The number of ether oxygens (including phenoxy) is 1. The van der Waals surface area contributed by atoms with Gasteiger partial charge in [0.25, 0.3) is 5.56 Å². The second-order valence-corrected chi connectivity index (χ2v) is 8.10. The summed E-state index contributed by atoms with van der Waals surface area (Å²) in [5.41, 5.74) is 1.09. The number of aromatic nitrogens is 4. The summed E-state index contributed by atoms with van der Waals surface area (Å²) in [6, 6.07) is 0. The van der Waals surface area contributed by atoms with Crippen LogP contribution in [0.3, 0.4) is 0 Å². The summed E-state index contributed by atoms with van der Waals surface area (Å²) in [5.74, 6) is 0.0118. The lowest BCUT2D eigenvalue weighted by atomic mass is 10.1. The van der Waals surface area contributed by atoms with E-state index in [1.807, 2.05) is 6.26 Å². The van der Waals surface area contributed by atoms with Crippen molar-refractivity contribution < 1.29 is 9.53 Å². The van der Waals surface area contributed by atoms with Crippen LogP contribution in [0.4, 0.5) is 0 Å². The van der Waals surface area contributed by atoms with Crippen molar-refractivity contribution >= 4 is 45.1 Å². The second-order valence-electron chi connectivity index (χ2n) is 6.25. The van der Waals surface area contributed by atoms with Gasteiger partial charge in [-0.2, -0.15) is 0 Å². The van der Waals surface area contributed by atoms with Gasteiger partial charge in [-0.15, -0.1) is 16.4 Å². The van der Waals surface area contributed by atoms with Crippen molar-refractivity contribution in [3.63, 3.8) is 0 Å². The van der Waals surface area contributed by atoms with Crippen molar-refractivity contribution in [3.8, 4) is 0 Å². The number of fused-ring (bicyclic) bond motifs is 4. The molecule has 0 radical (unpaired) electrons. The maximum atomic E-state index is 13.3. The molecule has 3 heterocycles. The predicted molar refractivity (Wildman–Crippen MR) is 102 cm³/mol. The van der Waals surface area contributed by atoms with Crippen LogP contribution in [0.2, 0.25) is 0 Å². The number of thioether (sulfide) groups is 1. The summed E-state index contributed by atoms with van der Waals surface area (Å²) >= 11 is 2.98. The Morgan fingerprint density at radius 1 is 1.31 bits per heavy atom. The number of rotatable bonds is 4. The molecule has 26 heavy (non-hydrogen) atoms. The van der Waals surface area contributed by atoms with E-state index in [-0.39, 0.29) is 18.1 Å². The number of hydrogen-bond acceptors (Lipinski definition) is 7. The first-order valence-corrected chi connectivity index (χ1v) is 10.8. The number of carbonyl (C=O) groups is 1. The van der Waals surface area contributed by atoms with Crippen LogP contribution in [0.5, 0.6) is 0 Å². The SMILES string of the molecule is CCOC(=O)Cn1nc(SC)n2c(=O)c3c4c(sc3nc12)CCCCC4. The minimum atomic E-state index is -0.388. The molecule has 3 aromatic rings. The van der Waals surface area contributed by atoms with Crippen molar-refractivity contribution in [2.75, 3.05) is 12.9 Å². The molecule has 0 spiro atoms. The van der Waals surface area contributed by atoms with Crippen molar-refractivity contribution in [2.45, 2.75) is 50.7 Å². The third-order valence-corrected chi connectivity index (χ3v) is 6.43. The third-order valence-electron chi connectivity index (χ3n) is 4.62. The van der Waals surface area contributed by atoms with Crippen molar-refractivity contribution in [3.05, 3.63) is 20.8 Å². The fourth-order valence-electron chi connectivity index (χ4n) is 3.48. The number of nitrogens with zero attached hydrogens (tertiary/aromatic N) is 4. The molecule has 0 aliphatic heterocycles. The Morgan fingerprint density at radius 3 is 2.88 bits per heavy atom. The minimum absolute atomic E-state index is 0.0546. The highest BCUT2D eigenvalue weighted by molar-refractivity contribution is 7.98. The zero-order valence-corrected chi connectivity index (χ0v) is 16.4. The molecule has 0 bridgehead atoms. The molecule has 9 heteroatoms. The molecule has 0 atom stereocenters. The van der Waals surface area contributed by atoms with Crippen LogP contribution < -0.4 is 5.56 Å². The van der Waals surface area contributed by atoms with Gasteiger partial charge in [-0.25, -0.2) is 14.1 Å². The molecule has 138 valence electrons. The van der Waals surface area contributed by atoms with Gasteiger partial charge in [0, 0.05) is 4.88 Å². The van der Waals surface area contributed by atoms with Crippen LogP contribution in [0.1, 0.15) is 36.6 Å². The van der Waals surface area contributed by atoms with Crippen molar-refractivity contribution in [1.29, 1.82) is 0 Å². The number of carbonyl (C=O) groups excluding carboxylic acids is 1. The van der Waals surface area contributed by atoms with Crippen LogP contribution in [0.15, 0.2) is 9.95 Å². The molecule has 3 aromatic heterocycles. The van der Waals surface area contributed by atoms with E-state index in [0.717, 1.165) is 35.9 Å². The maximum Gasteiger partial charge on any atom is 0.327 e. The highest BCUT2D eigenvalue weighted by atomic mass is 32.2. The molecule has 0 aromatic carbocycles. The molecule has 4 rings (SSSR count). The monoisotopic (exact) mass is 392 g/mol. The van der Waals surface area contributed by atoms with Crippen molar-refractivity contribution in [2.24, 2.45) is 0 Å². The highest BCUT2D eigenvalue weighted by Gasteiger charge is 2.23. The molecule has 0 N–H and O–H groups in total. The summed E-state index contributed by atoms with van der Waals surface area (Å²) in [7, 11) is 0. The molecule has 7 nitrogen and oxygen atoms in total. The van der Waals surface area contributed by atoms with Gasteiger partial charge in [-0.3, -0.25) is 9.59 Å². The van der Waals surface area contributed by atoms with Gasteiger partial charge in [0.2, 0.25) is 5.78 Å². The summed E-state index contributed by atoms with van der Waals surface area (Å²) in [4.78, 5) is 31.9. The normalized spacial score (nSPS) is 14.5. The van der Waals surface area contributed by atoms with Gasteiger partial charge in [0.1, 0.15) is 11.4 Å². The largest absolute Gasteiger partial charge is 0.465 e. The average Bonchev–Trinajstić information content (AvgIpc) is 3.05. The number of thiophene rings is 1. The Balaban J connectivity index is 1.95. The number of aryl methyl sites for hydroxylation is 2. The number of hydrogen-bond donors (Lipinski definition) is 0. The summed E-state index contributed by atoms with van der Waals surface area (Å²) in [6.45, 7) is 2.01. The molecular formula is C17H20N4O3S2. The first-order valence-electron chi connectivity index (χ1n) is 8.77. The van der Waals surface area contributed by atoms with Crippen LogP contribution in [0.25, 0.3) is 16.0 Å². The number of esters is 1. The zero-order valence-electron chi connectivity index (χ0n) is 14.8. The molecular weight excluding hydrogens is 372 g/mol. The fraction of sp³-hybridized carbons (Fsp3) is 0.529. The molecule has 0 unspecified atom stereocenters. The molecule has 0 amide bonds. The lowest BCUT2D eigenvalue weighted by Gasteiger charge is -2.03. The Morgan fingerprint density at radius 2 is 2.12 bits per heavy atom. The fourth-order valence-corrected chi connectivity index (χ4v) is 5.25. The smallest absolute Gasteiger partial charge is 0.327 e. The van der Waals surface area contributed by atoms with E-state index in [2.05, 4.69) is 5.10 Å². The van der Waals surface area contributed by atoms with E-state index in [0.29, 0.717) is 17.5 Å². The van der Waals surface area contributed by atoms with Crippen LogP contribution in [-0.2, 0) is 28.9 Å². The van der Waals surface area contributed by atoms with Gasteiger partial charge < -0.3 is 4.74 Å². The zero-order chi connectivity index (χ0) is 18.3. The Bertz CT molecular complexity index is 1050. The Hall–Kier alpha value is -1.87. The van der Waals surface area contributed by atoms with Crippen LogP contribution in [0, 0.1) is 0 Å². The van der Waals surface area contributed by atoms with Gasteiger partial charge in [-0.05, 0) is 44.4 Å². The van der Waals surface area contributed by atoms with E-state index >= 15 is 0 Å². The predicted octanol–water partition coefficient (Wildman–Crippen LogP) is 2.66. The molecule has 1 aliphatic carbocycles. The van der Waals surface area contributed by atoms with E-state index in [9.17, 15) is 9.59 Å².